The van der Waals surface area contributed by atoms with E-state index in [9.17, 15) is 4.79 Å². The van der Waals surface area contributed by atoms with Gasteiger partial charge in [0.05, 0.1) is 16.8 Å². The highest BCUT2D eigenvalue weighted by atomic mass is 35.5. The molecule has 5 heteroatoms. The largest absolute Gasteiger partial charge is 0.272 e. The van der Waals surface area contributed by atoms with Crippen LogP contribution in [0.2, 0.25) is 10.0 Å². The number of nitrogens with zero attached hydrogens (tertiary/aromatic N) is 1. The maximum absolute atomic E-state index is 12.2. The second kappa shape index (κ2) is 6.51. The number of carbonyl (C=O) groups is 1. The Labute approximate surface area is 155 Å². The lowest BCUT2D eigenvalue weighted by molar-refractivity contribution is 0.0955. The first-order chi connectivity index (χ1) is 12.1. The van der Waals surface area contributed by atoms with Crippen LogP contribution in [-0.2, 0) is 12.8 Å². The second-order valence-corrected chi connectivity index (χ2v) is 6.82. The van der Waals surface area contributed by atoms with Crippen LogP contribution in [0.5, 0.6) is 0 Å². The third-order valence-corrected chi connectivity index (χ3v) is 5.00. The fourth-order valence-corrected chi connectivity index (χ4v) is 3.77. The van der Waals surface area contributed by atoms with Crippen LogP contribution in [0.3, 0.4) is 0 Å². The van der Waals surface area contributed by atoms with E-state index in [2.05, 4.69) is 34.8 Å². The summed E-state index contributed by atoms with van der Waals surface area (Å²) in [5.41, 5.74) is 6.58. The van der Waals surface area contributed by atoms with Crippen molar-refractivity contribution in [3.63, 3.8) is 0 Å². The van der Waals surface area contributed by atoms with Crippen molar-refractivity contribution in [1.29, 1.82) is 0 Å². The van der Waals surface area contributed by atoms with Gasteiger partial charge in [0.15, 0.2) is 0 Å². The van der Waals surface area contributed by atoms with Gasteiger partial charge in [-0.1, -0.05) is 53.5 Å². The molecule has 0 heterocycles. The van der Waals surface area contributed by atoms with Crippen molar-refractivity contribution in [1.82, 2.24) is 5.43 Å². The first kappa shape index (κ1) is 16.1. The molecule has 0 saturated carbocycles. The number of rotatable bonds is 3. The lowest BCUT2D eigenvalue weighted by Gasteiger charge is -2.06. The molecular weight excluding hydrogens is 355 g/mol. The number of hydrogen-bond donors (Lipinski definition) is 1. The molecule has 3 aromatic carbocycles. The van der Waals surface area contributed by atoms with Crippen molar-refractivity contribution >= 4 is 46.1 Å². The number of hydrogen-bond acceptors (Lipinski definition) is 2. The highest BCUT2D eigenvalue weighted by molar-refractivity contribution is 6.36. The summed E-state index contributed by atoms with van der Waals surface area (Å²) in [4.78, 5) is 12.2. The maximum Gasteiger partial charge on any atom is 0.272 e. The minimum Gasteiger partial charge on any atom is -0.267 e. The predicted molar refractivity (Wildman–Crippen MR) is 103 cm³/mol. The zero-order valence-electron chi connectivity index (χ0n) is 13.2. The Morgan fingerprint density at radius 3 is 2.64 bits per heavy atom. The smallest absolute Gasteiger partial charge is 0.267 e. The van der Waals surface area contributed by atoms with Crippen LogP contribution in [-0.4, -0.2) is 12.1 Å². The summed E-state index contributed by atoms with van der Waals surface area (Å²) in [6.45, 7) is 0. The summed E-state index contributed by atoms with van der Waals surface area (Å²) in [6, 6.07) is 15.2. The van der Waals surface area contributed by atoms with Gasteiger partial charge in [0.1, 0.15) is 0 Å². The molecule has 0 unspecified atom stereocenters. The maximum atomic E-state index is 12.2. The third-order valence-electron chi connectivity index (χ3n) is 4.46. The van der Waals surface area contributed by atoms with Crippen molar-refractivity contribution in [3.05, 3.63) is 80.8 Å². The number of halogens is 2. The van der Waals surface area contributed by atoms with E-state index in [1.54, 1.807) is 18.3 Å². The Morgan fingerprint density at radius 1 is 1.04 bits per heavy atom. The topological polar surface area (TPSA) is 41.5 Å². The van der Waals surface area contributed by atoms with E-state index in [4.69, 9.17) is 23.2 Å². The number of amides is 1. The van der Waals surface area contributed by atoms with Gasteiger partial charge in [-0.05, 0) is 52.9 Å². The number of aryl methyl sites for hydroxylation is 2. The number of hydrazone groups is 1. The van der Waals surface area contributed by atoms with Crippen molar-refractivity contribution < 1.29 is 4.79 Å². The molecular formula is C20H14Cl2N2O. The molecule has 1 amide bonds. The monoisotopic (exact) mass is 368 g/mol. The van der Waals surface area contributed by atoms with Gasteiger partial charge in [-0.25, -0.2) is 5.43 Å². The third kappa shape index (κ3) is 3.01. The van der Waals surface area contributed by atoms with Gasteiger partial charge in [-0.15, -0.1) is 0 Å². The molecule has 1 aliphatic rings. The van der Waals surface area contributed by atoms with E-state index in [1.807, 2.05) is 6.07 Å². The van der Waals surface area contributed by atoms with Crippen molar-refractivity contribution in [2.75, 3.05) is 0 Å². The minimum atomic E-state index is -0.371. The van der Waals surface area contributed by atoms with Crippen LogP contribution in [0.15, 0.2) is 53.6 Å². The quantitative estimate of drug-likeness (QED) is 0.512. The number of benzene rings is 3. The first-order valence-electron chi connectivity index (χ1n) is 7.95. The molecule has 1 aliphatic carbocycles. The summed E-state index contributed by atoms with van der Waals surface area (Å²) in [7, 11) is 0. The van der Waals surface area contributed by atoms with Gasteiger partial charge in [0, 0.05) is 10.6 Å². The second-order valence-electron chi connectivity index (χ2n) is 5.98. The van der Waals surface area contributed by atoms with Crippen molar-refractivity contribution in [3.8, 4) is 0 Å². The van der Waals surface area contributed by atoms with Gasteiger partial charge in [-0.3, -0.25) is 4.79 Å². The molecule has 0 atom stereocenters. The summed E-state index contributed by atoms with van der Waals surface area (Å²) in [5, 5.41) is 7.36. The zero-order chi connectivity index (χ0) is 17.4. The molecule has 25 heavy (non-hydrogen) atoms. The summed E-state index contributed by atoms with van der Waals surface area (Å²) in [5.74, 6) is -0.371. The molecule has 3 aromatic rings. The standard InChI is InChI=1S/C20H14Cl2N2O/c21-15-8-9-17(18(22)10-15)20(25)24-23-11-14-7-6-13-5-4-12-2-1-3-16(14)19(12)13/h1-3,6-11H,4-5H2,(H,24,25)/b23-11-. The molecule has 4 rings (SSSR count). The van der Waals surface area contributed by atoms with Crippen LogP contribution in [0.1, 0.15) is 27.0 Å². The van der Waals surface area contributed by atoms with Gasteiger partial charge in [0.2, 0.25) is 0 Å². The van der Waals surface area contributed by atoms with Crippen LogP contribution >= 0.6 is 23.2 Å². The zero-order valence-corrected chi connectivity index (χ0v) is 14.7. The van der Waals surface area contributed by atoms with E-state index >= 15 is 0 Å². The predicted octanol–water partition coefficient (Wildman–Crippen LogP) is 5.01. The van der Waals surface area contributed by atoms with Gasteiger partial charge in [0.25, 0.3) is 5.91 Å². The van der Waals surface area contributed by atoms with Crippen LogP contribution in [0.25, 0.3) is 10.8 Å². The van der Waals surface area contributed by atoms with Crippen LogP contribution in [0, 0.1) is 0 Å². The molecule has 3 nitrogen and oxygen atoms in total. The Bertz CT molecular complexity index is 1020. The first-order valence-corrected chi connectivity index (χ1v) is 8.71. The van der Waals surface area contributed by atoms with E-state index in [0.29, 0.717) is 15.6 Å². The van der Waals surface area contributed by atoms with Crippen LogP contribution in [0.4, 0.5) is 0 Å². The van der Waals surface area contributed by atoms with E-state index in [-0.39, 0.29) is 5.91 Å². The molecule has 0 bridgehead atoms. The Kier molecular flexibility index (Phi) is 4.20. The Balaban J connectivity index is 1.59. The van der Waals surface area contributed by atoms with Gasteiger partial charge < -0.3 is 0 Å². The van der Waals surface area contributed by atoms with E-state index in [0.717, 1.165) is 23.8 Å². The number of carbonyl (C=O) groups excluding carboxylic acids is 1. The van der Waals surface area contributed by atoms with Crippen LogP contribution < -0.4 is 5.43 Å². The van der Waals surface area contributed by atoms with Gasteiger partial charge in [-0.2, -0.15) is 5.10 Å². The summed E-state index contributed by atoms with van der Waals surface area (Å²) in [6.07, 6.45) is 3.83. The number of nitrogens with one attached hydrogen (secondary N) is 1. The normalized spacial score (nSPS) is 12.9. The lowest BCUT2D eigenvalue weighted by Crippen LogP contribution is -2.18. The molecule has 0 spiro atoms. The lowest BCUT2D eigenvalue weighted by atomic mass is 10.0. The van der Waals surface area contributed by atoms with E-state index in [1.165, 1.54) is 22.6 Å². The SMILES string of the molecule is O=C(N/N=C\c1ccc2c3c(cccc13)CC2)c1ccc(Cl)cc1Cl. The van der Waals surface area contributed by atoms with Crippen molar-refractivity contribution in [2.45, 2.75) is 12.8 Å². The van der Waals surface area contributed by atoms with Crippen molar-refractivity contribution in [2.24, 2.45) is 5.10 Å². The average Bonchev–Trinajstić information content (AvgIpc) is 3.02. The molecule has 124 valence electrons. The molecule has 0 fully saturated rings. The molecule has 0 radical (unpaired) electrons. The van der Waals surface area contributed by atoms with E-state index < -0.39 is 0 Å². The minimum absolute atomic E-state index is 0.297. The fourth-order valence-electron chi connectivity index (χ4n) is 3.28. The molecule has 0 aliphatic heterocycles. The highest BCUT2D eigenvalue weighted by Gasteiger charge is 2.15. The average molecular weight is 369 g/mol. The molecule has 1 N–H and O–H groups in total. The molecule has 0 saturated heterocycles. The molecule has 0 aromatic heterocycles. The Morgan fingerprint density at radius 2 is 1.84 bits per heavy atom. The highest BCUT2D eigenvalue weighted by Crippen LogP contribution is 2.32. The van der Waals surface area contributed by atoms with Gasteiger partial charge >= 0.3 is 0 Å². The Hall–Kier alpha value is -2.36. The summed E-state index contributed by atoms with van der Waals surface area (Å²) >= 11 is 11.9. The summed E-state index contributed by atoms with van der Waals surface area (Å²) < 4.78 is 0. The fraction of sp³-hybridized carbons (Fsp3) is 0.100.